The predicted octanol–water partition coefficient (Wildman–Crippen LogP) is 0.717. The Morgan fingerprint density at radius 2 is 2.04 bits per heavy atom. The quantitative estimate of drug-likeness (QED) is 0.508. The highest BCUT2D eigenvalue weighted by atomic mass is 32.2. The molecule has 9 nitrogen and oxygen atoms in total. The van der Waals surface area contributed by atoms with Gasteiger partial charge in [-0.2, -0.15) is 9.77 Å². The Hall–Kier alpha value is -2.88. The maximum atomic E-state index is 12.9. The number of hydrogen-bond donors (Lipinski definition) is 2. The van der Waals surface area contributed by atoms with E-state index in [0.29, 0.717) is 5.56 Å². The van der Waals surface area contributed by atoms with Gasteiger partial charge in [-0.1, -0.05) is 13.8 Å². The zero-order valence-corrected chi connectivity index (χ0v) is 15.1. The van der Waals surface area contributed by atoms with Crippen LogP contribution in [0.5, 0.6) is 0 Å². The van der Waals surface area contributed by atoms with E-state index in [1.54, 1.807) is 34.9 Å². The van der Waals surface area contributed by atoms with Gasteiger partial charge in [-0.15, -0.1) is 0 Å². The van der Waals surface area contributed by atoms with E-state index < -0.39 is 27.5 Å². The summed E-state index contributed by atoms with van der Waals surface area (Å²) in [5.41, 5.74) is 0.363. The molecule has 2 aromatic heterocycles. The zero-order valence-electron chi connectivity index (χ0n) is 17.3. The van der Waals surface area contributed by atoms with E-state index in [4.69, 9.17) is 4.11 Å². The van der Waals surface area contributed by atoms with Crippen molar-refractivity contribution in [3.8, 4) is 11.3 Å². The summed E-state index contributed by atoms with van der Waals surface area (Å²) in [6.45, 7) is 3.90. The van der Waals surface area contributed by atoms with E-state index in [2.05, 4.69) is 10.1 Å². The third kappa shape index (κ3) is 3.15. The van der Waals surface area contributed by atoms with Crippen molar-refractivity contribution in [1.82, 2.24) is 19.4 Å². The lowest BCUT2D eigenvalue weighted by molar-refractivity contribution is 0.598. The molecule has 2 N–H and O–H groups in total. The monoisotopic (exact) mass is 383 g/mol. The second-order valence-electron chi connectivity index (χ2n) is 6.15. The van der Waals surface area contributed by atoms with Crippen LogP contribution in [0, 0.1) is 0 Å². The van der Waals surface area contributed by atoms with Crippen LogP contribution in [0.15, 0.2) is 34.0 Å². The van der Waals surface area contributed by atoms with Crippen LogP contribution in [-0.2, 0) is 17.1 Å². The van der Waals surface area contributed by atoms with Crippen molar-refractivity contribution in [2.24, 2.45) is 7.05 Å². The maximum absolute atomic E-state index is 12.9. The van der Waals surface area contributed by atoms with Crippen molar-refractivity contribution in [2.75, 3.05) is 11.0 Å². The second kappa shape index (κ2) is 6.13. The van der Waals surface area contributed by atoms with E-state index in [-0.39, 0.29) is 21.5 Å². The molecule has 138 valence electrons. The summed E-state index contributed by atoms with van der Waals surface area (Å²) in [4.78, 5) is 29.1. The predicted molar refractivity (Wildman–Crippen MR) is 99.3 cm³/mol. The number of nitrogens with zero attached hydrogens (tertiary/aromatic N) is 3. The molecule has 0 aliphatic rings. The topological polar surface area (TPSA) is 119 Å². The molecule has 0 unspecified atom stereocenters. The van der Waals surface area contributed by atoms with E-state index in [9.17, 15) is 18.0 Å². The molecule has 1 aromatic carbocycles. The van der Waals surface area contributed by atoms with Crippen molar-refractivity contribution >= 4 is 20.9 Å². The fraction of sp³-hybridized carbons (Fsp3) is 0.312. The molecular formula is C16H19N5O4S. The normalized spacial score (nSPS) is 14.2. The summed E-state index contributed by atoms with van der Waals surface area (Å²) in [6.07, 6.45) is -1.85. The molecule has 0 fully saturated rings. The lowest BCUT2D eigenvalue weighted by Crippen LogP contribution is -2.43. The molecule has 0 amide bonds. The number of aromatic nitrogens is 4. The van der Waals surface area contributed by atoms with E-state index >= 15 is 0 Å². The first-order valence-corrected chi connectivity index (χ1v) is 9.15. The Bertz CT molecular complexity index is 1320. The van der Waals surface area contributed by atoms with E-state index in [1.807, 2.05) is 13.8 Å². The smallest absolute Gasteiger partial charge is 0.305 e. The van der Waals surface area contributed by atoms with Crippen molar-refractivity contribution in [3.63, 3.8) is 0 Å². The molecule has 0 radical (unpaired) electrons. The van der Waals surface area contributed by atoms with Crippen LogP contribution in [-0.4, -0.2) is 34.0 Å². The zero-order chi connectivity index (χ0) is 21.7. The molecular weight excluding hydrogens is 361 g/mol. The maximum Gasteiger partial charge on any atom is 0.348 e. The van der Waals surface area contributed by atoms with Gasteiger partial charge in [0.1, 0.15) is 0 Å². The Morgan fingerprint density at radius 3 is 2.62 bits per heavy atom. The number of hydrogen-bond acceptors (Lipinski definition) is 5. The molecule has 0 aliphatic heterocycles. The SMILES string of the molecule is [2H][13C]([2H])([2H])S(=O)(=O)[15NH][15n]1c(=O)[nH]c2cc(C(C)C)c(-c3ccnn3C)cc2c1=O. The number of fused-ring (bicyclic) bond motifs is 1. The number of nitrogens with one attached hydrogen (secondary N) is 2. The van der Waals surface area contributed by atoms with Crippen molar-refractivity contribution in [3.05, 3.63) is 50.8 Å². The number of aryl methyl sites for hydroxylation is 1. The van der Waals surface area contributed by atoms with Gasteiger partial charge in [0.2, 0.25) is 10.0 Å². The Balaban J connectivity index is 2.33. The van der Waals surface area contributed by atoms with Gasteiger partial charge in [0.05, 0.1) is 22.8 Å². The Kier molecular flexibility index (Phi) is 3.37. The van der Waals surface area contributed by atoms with Gasteiger partial charge in [0.25, 0.3) is 5.56 Å². The summed E-state index contributed by atoms with van der Waals surface area (Å²) in [5, 5.41) is 4.14. The third-order valence-corrected chi connectivity index (χ3v) is 4.42. The first-order chi connectivity index (χ1) is 13.3. The van der Waals surface area contributed by atoms with Crippen molar-refractivity contribution in [2.45, 2.75) is 19.8 Å². The van der Waals surface area contributed by atoms with Crippen LogP contribution in [0.4, 0.5) is 0 Å². The van der Waals surface area contributed by atoms with Crippen LogP contribution >= 0.6 is 0 Å². The molecule has 2 heterocycles. The van der Waals surface area contributed by atoms with E-state index in [0.717, 1.165) is 11.3 Å². The van der Waals surface area contributed by atoms with Gasteiger partial charge in [-0.25, -0.2) is 18.0 Å². The number of sulfonamides is 1. The molecule has 0 aliphatic carbocycles. The lowest BCUT2D eigenvalue weighted by atomic mass is 9.93. The molecule has 3 aromatic rings. The summed E-state index contributed by atoms with van der Waals surface area (Å²) >= 11 is 0. The highest BCUT2D eigenvalue weighted by Gasteiger charge is 2.17. The largest absolute Gasteiger partial charge is 0.348 e. The molecule has 0 bridgehead atoms. The average Bonchev–Trinajstić information content (AvgIpc) is 3.02. The van der Waals surface area contributed by atoms with Gasteiger partial charge in [-0.05, 0) is 29.7 Å². The molecule has 10 heteroatoms. The summed E-state index contributed by atoms with van der Waals surface area (Å²) in [7, 11) is -3.23. The summed E-state index contributed by atoms with van der Waals surface area (Å²) in [6, 6.07) is 4.93. The van der Waals surface area contributed by atoms with Gasteiger partial charge >= 0.3 is 5.69 Å². The molecule has 0 saturated heterocycles. The number of aromatic amines is 1. The molecule has 26 heavy (non-hydrogen) atoms. The number of rotatable bonds is 4. The molecule has 0 saturated carbocycles. The highest BCUT2D eigenvalue weighted by molar-refractivity contribution is 7.91. The van der Waals surface area contributed by atoms with Gasteiger partial charge in [-0.3, -0.25) is 9.48 Å². The first kappa shape index (κ1) is 14.3. The second-order valence-corrected chi connectivity index (χ2v) is 7.33. The van der Waals surface area contributed by atoms with Crippen molar-refractivity contribution in [1.29, 1.82) is 0 Å². The summed E-state index contributed by atoms with van der Waals surface area (Å²) in [5.74, 6) is 0.0456. The fourth-order valence-corrected chi connectivity index (χ4v) is 3.23. The minimum absolute atomic E-state index is 0.0124. The molecule has 3 rings (SSSR count). The van der Waals surface area contributed by atoms with Crippen LogP contribution in [0.1, 0.15) is 29.4 Å². The Labute approximate surface area is 153 Å². The Morgan fingerprint density at radius 1 is 1.31 bits per heavy atom. The van der Waals surface area contributed by atoms with Crippen LogP contribution in [0.3, 0.4) is 0 Å². The molecule has 0 atom stereocenters. The summed E-state index contributed by atoms with van der Waals surface area (Å²) < 4.78 is 46.8. The van der Waals surface area contributed by atoms with Gasteiger partial charge < -0.3 is 4.98 Å². The van der Waals surface area contributed by atoms with Crippen LogP contribution in [0.25, 0.3) is 22.2 Å². The highest BCUT2D eigenvalue weighted by Crippen LogP contribution is 2.31. The van der Waals surface area contributed by atoms with Gasteiger partial charge in [0, 0.05) is 22.9 Å². The third-order valence-electron chi connectivity index (χ3n) is 4.00. The fourth-order valence-electron chi connectivity index (χ4n) is 2.82. The first-order valence-electron chi connectivity index (χ1n) is 9.17. The number of H-pyrrole nitrogens is 1. The average molecular weight is 383 g/mol. The van der Waals surface area contributed by atoms with Crippen LogP contribution in [0.2, 0.25) is 0 Å². The van der Waals surface area contributed by atoms with Gasteiger partial charge in [0.15, 0.2) is 0 Å². The number of benzene rings is 1. The van der Waals surface area contributed by atoms with E-state index in [1.165, 1.54) is 6.07 Å². The minimum Gasteiger partial charge on any atom is -0.305 e. The standard InChI is InChI=1S/C16H19N5O4S/c1-9(2)10-8-13-12(7-11(10)14-5-6-17-20(14)3)15(22)21(16(23)18-13)19-26(4,24)25/h5-9,19H,1-4H3,(H,18,23)/i4+1D3,19+1,21+1. The lowest BCUT2D eigenvalue weighted by Gasteiger charge is -2.15. The van der Waals surface area contributed by atoms with Crippen LogP contribution < -0.4 is 16.1 Å². The molecule has 0 spiro atoms. The van der Waals surface area contributed by atoms with Crippen molar-refractivity contribution < 1.29 is 12.5 Å². The minimum atomic E-state index is -4.97.